The van der Waals surface area contributed by atoms with Crippen LogP contribution in [0.3, 0.4) is 0 Å². The average Bonchev–Trinajstić information content (AvgIpc) is 3.47. The second-order valence-corrected chi connectivity index (χ2v) is 13.9. The fraction of sp³-hybridized carbons (Fsp3) is 0.156. The van der Waals surface area contributed by atoms with Gasteiger partial charge in [0.2, 0.25) is 0 Å². The second-order valence-electron chi connectivity index (χ2n) is 13.9. The van der Waals surface area contributed by atoms with E-state index in [0.717, 1.165) is 22.4 Å². The number of benzene rings is 6. The van der Waals surface area contributed by atoms with Crippen molar-refractivity contribution < 1.29 is 0 Å². The van der Waals surface area contributed by atoms with E-state index in [1.807, 2.05) is 48.5 Å². The lowest BCUT2D eigenvalue weighted by Crippen LogP contribution is -2.24. The largest absolute Gasteiger partial charge is 0.233 e. The predicted octanol–water partition coefficient (Wildman–Crippen LogP) is 11.4. The van der Waals surface area contributed by atoms with Crippen LogP contribution in [0.5, 0.6) is 0 Å². The van der Waals surface area contributed by atoms with Gasteiger partial charge in [-0.3, -0.25) is 0 Å². The number of aliphatic imine (C=N–C) groups is 2. The molecule has 8 rings (SSSR count). The van der Waals surface area contributed by atoms with E-state index in [2.05, 4.69) is 120 Å². The van der Waals surface area contributed by atoms with Crippen molar-refractivity contribution in [2.45, 2.75) is 45.4 Å². The van der Waals surface area contributed by atoms with Crippen molar-refractivity contribution in [1.82, 2.24) is 0 Å². The SMILES string of the molecule is C=C(N=C(N=C(C)c1cc2c(c3ccccc13)-c1ccc3c(c1C2(C)C)C(C)(C)c1ccccc1-3)c1ccccc1)c1ccccc1. The van der Waals surface area contributed by atoms with E-state index in [-0.39, 0.29) is 10.8 Å². The summed E-state index contributed by atoms with van der Waals surface area (Å²) in [5.74, 6) is 0.654. The molecule has 2 heteroatoms. The summed E-state index contributed by atoms with van der Waals surface area (Å²) in [6.45, 7) is 16.0. The van der Waals surface area contributed by atoms with Crippen molar-refractivity contribution in [3.8, 4) is 22.3 Å². The van der Waals surface area contributed by atoms with Gasteiger partial charge >= 0.3 is 0 Å². The van der Waals surface area contributed by atoms with Gasteiger partial charge in [0, 0.05) is 27.7 Å². The highest BCUT2D eigenvalue weighted by Crippen LogP contribution is 2.60. The minimum Gasteiger partial charge on any atom is -0.233 e. The minimum absolute atomic E-state index is 0.0885. The Balaban J connectivity index is 1.33. The fourth-order valence-corrected chi connectivity index (χ4v) is 8.11. The molecule has 2 aliphatic rings. The molecular formula is C45H38N2. The van der Waals surface area contributed by atoms with Crippen molar-refractivity contribution in [3.63, 3.8) is 0 Å². The maximum Gasteiger partial charge on any atom is 0.160 e. The molecule has 0 bridgehead atoms. The standard InChI is InChI=1S/C45H38N2/c1-28(30-17-9-7-10-18-30)46-43(31-19-11-8-12-20-31)47-29(2)37-27-39-40(34-23-14-13-21-32(34)37)36-26-25-35-33-22-15-16-24-38(33)44(3,4)41(35)42(36)45(39,5)6/h7-27H,1H2,2-6H3. The van der Waals surface area contributed by atoms with Gasteiger partial charge in [-0.05, 0) is 73.8 Å². The van der Waals surface area contributed by atoms with Gasteiger partial charge in [-0.2, -0.15) is 0 Å². The first-order chi connectivity index (χ1) is 22.7. The minimum atomic E-state index is -0.202. The molecule has 0 radical (unpaired) electrons. The van der Waals surface area contributed by atoms with Crippen LogP contribution in [0.2, 0.25) is 0 Å². The fourth-order valence-electron chi connectivity index (χ4n) is 8.11. The van der Waals surface area contributed by atoms with Crippen LogP contribution in [0.1, 0.15) is 73.6 Å². The highest BCUT2D eigenvalue weighted by molar-refractivity contribution is 6.19. The lowest BCUT2D eigenvalue weighted by atomic mass is 9.72. The molecule has 0 saturated heterocycles. The molecule has 0 spiro atoms. The van der Waals surface area contributed by atoms with Gasteiger partial charge in [0.15, 0.2) is 5.84 Å². The molecule has 2 nitrogen and oxygen atoms in total. The third-order valence-corrected chi connectivity index (χ3v) is 10.4. The van der Waals surface area contributed by atoms with E-state index in [4.69, 9.17) is 9.98 Å². The Morgan fingerprint density at radius 1 is 0.532 bits per heavy atom. The molecule has 0 saturated carbocycles. The summed E-state index contributed by atoms with van der Waals surface area (Å²) in [6, 6.07) is 45.2. The number of hydrogen-bond donors (Lipinski definition) is 0. The van der Waals surface area contributed by atoms with E-state index in [1.54, 1.807) is 0 Å². The van der Waals surface area contributed by atoms with Gasteiger partial charge in [0.1, 0.15) is 0 Å². The molecule has 0 amide bonds. The summed E-state index contributed by atoms with van der Waals surface area (Å²) in [5.41, 5.74) is 15.5. The van der Waals surface area contributed by atoms with Crippen LogP contribution in [-0.2, 0) is 10.8 Å². The Kier molecular flexibility index (Phi) is 6.56. The van der Waals surface area contributed by atoms with Crippen molar-refractivity contribution in [2.24, 2.45) is 9.98 Å². The third-order valence-electron chi connectivity index (χ3n) is 10.4. The Bertz CT molecular complexity index is 2300. The van der Waals surface area contributed by atoms with Crippen LogP contribution >= 0.6 is 0 Å². The topological polar surface area (TPSA) is 24.7 Å². The van der Waals surface area contributed by atoms with E-state index in [9.17, 15) is 0 Å². The van der Waals surface area contributed by atoms with Crippen LogP contribution in [0.4, 0.5) is 0 Å². The van der Waals surface area contributed by atoms with Gasteiger partial charge < -0.3 is 0 Å². The lowest BCUT2D eigenvalue weighted by Gasteiger charge is -2.31. The molecule has 0 fully saturated rings. The molecule has 0 aliphatic heterocycles. The average molecular weight is 607 g/mol. The van der Waals surface area contributed by atoms with Crippen molar-refractivity contribution in [2.75, 3.05) is 0 Å². The smallest absolute Gasteiger partial charge is 0.160 e. The van der Waals surface area contributed by atoms with E-state index >= 15 is 0 Å². The van der Waals surface area contributed by atoms with Crippen LogP contribution < -0.4 is 0 Å². The highest BCUT2D eigenvalue weighted by Gasteiger charge is 2.46. The molecule has 0 atom stereocenters. The molecule has 47 heavy (non-hydrogen) atoms. The van der Waals surface area contributed by atoms with Crippen molar-refractivity contribution in [3.05, 3.63) is 173 Å². The zero-order valence-electron chi connectivity index (χ0n) is 27.7. The molecular weight excluding hydrogens is 569 g/mol. The van der Waals surface area contributed by atoms with E-state index < -0.39 is 0 Å². The molecule has 6 aromatic carbocycles. The van der Waals surface area contributed by atoms with Gasteiger partial charge in [0.05, 0.1) is 5.70 Å². The van der Waals surface area contributed by atoms with Crippen LogP contribution in [-0.4, -0.2) is 11.5 Å². The summed E-state index contributed by atoms with van der Waals surface area (Å²) in [6.07, 6.45) is 0. The van der Waals surface area contributed by atoms with Crippen molar-refractivity contribution in [1.29, 1.82) is 0 Å². The molecule has 0 unspecified atom stereocenters. The van der Waals surface area contributed by atoms with Gasteiger partial charge in [0.25, 0.3) is 0 Å². The van der Waals surface area contributed by atoms with E-state index in [0.29, 0.717) is 11.5 Å². The molecule has 2 aliphatic carbocycles. The Morgan fingerprint density at radius 2 is 1.09 bits per heavy atom. The maximum absolute atomic E-state index is 5.27. The number of hydrogen-bond acceptors (Lipinski definition) is 1. The van der Waals surface area contributed by atoms with Gasteiger partial charge in [-0.15, -0.1) is 0 Å². The summed E-state index contributed by atoms with van der Waals surface area (Å²) in [4.78, 5) is 10.3. The number of fused-ring (bicyclic) bond motifs is 9. The first-order valence-corrected chi connectivity index (χ1v) is 16.5. The second kappa shape index (κ2) is 10.6. The zero-order valence-corrected chi connectivity index (χ0v) is 27.7. The van der Waals surface area contributed by atoms with Crippen molar-refractivity contribution >= 4 is 28.0 Å². The summed E-state index contributed by atoms with van der Waals surface area (Å²) < 4.78 is 0. The van der Waals surface area contributed by atoms with Crippen LogP contribution in [0.15, 0.2) is 144 Å². The molecule has 0 aromatic heterocycles. The Morgan fingerprint density at radius 3 is 1.81 bits per heavy atom. The Hall–Kier alpha value is -5.34. The lowest BCUT2D eigenvalue weighted by molar-refractivity contribution is 0.601. The molecule has 0 heterocycles. The van der Waals surface area contributed by atoms with Crippen LogP contribution in [0.25, 0.3) is 38.7 Å². The molecule has 0 N–H and O–H groups in total. The first kappa shape index (κ1) is 29.1. The van der Waals surface area contributed by atoms with Gasteiger partial charge in [-0.25, -0.2) is 9.98 Å². The quantitative estimate of drug-likeness (QED) is 0.141. The molecule has 228 valence electrons. The highest BCUT2D eigenvalue weighted by atomic mass is 14.9. The summed E-state index contributed by atoms with van der Waals surface area (Å²) in [7, 11) is 0. The summed E-state index contributed by atoms with van der Waals surface area (Å²) >= 11 is 0. The van der Waals surface area contributed by atoms with Gasteiger partial charge in [-0.1, -0.05) is 156 Å². The first-order valence-electron chi connectivity index (χ1n) is 16.5. The van der Waals surface area contributed by atoms with E-state index in [1.165, 1.54) is 55.3 Å². The zero-order chi connectivity index (χ0) is 32.5. The number of nitrogens with zero attached hydrogens (tertiary/aromatic N) is 2. The normalized spacial score (nSPS) is 15.6. The molecule has 6 aromatic rings. The number of amidine groups is 1. The number of rotatable bonds is 4. The Labute approximate surface area is 277 Å². The van der Waals surface area contributed by atoms with Crippen LogP contribution in [0, 0.1) is 0 Å². The predicted molar refractivity (Wildman–Crippen MR) is 200 cm³/mol. The monoisotopic (exact) mass is 606 g/mol. The maximum atomic E-state index is 5.27. The third kappa shape index (κ3) is 4.39. The summed E-state index contributed by atoms with van der Waals surface area (Å²) in [5, 5.41) is 2.47.